The number of carbonyl (C=O) groups is 1. The molecule has 16 heavy (non-hydrogen) atoms. The normalized spacial score (nSPS) is 11.5. The molecule has 0 aliphatic carbocycles. The second-order valence-corrected chi connectivity index (χ2v) is 4.20. The number of nitrogens with one attached hydrogen (secondary N) is 2. The lowest BCUT2D eigenvalue weighted by atomic mass is 10.0. The molecule has 5 heteroatoms. The number of amides is 1. The topological polar surface area (TPSA) is 67.2 Å². The Kier molecular flexibility index (Phi) is 4.06. The van der Waals surface area contributed by atoms with Crippen molar-refractivity contribution in [2.24, 2.45) is 0 Å². The van der Waals surface area contributed by atoms with E-state index < -0.39 is 5.54 Å². The van der Waals surface area contributed by atoms with Crippen LogP contribution in [-0.2, 0) is 11.3 Å². The van der Waals surface area contributed by atoms with Crippen molar-refractivity contribution in [3.05, 3.63) is 17.8 Å². The summed E-state index contributed by atoms with van der Waals surface area (Å²) < 4.78 is 5.26. The maximum atomic E-state index is 11.8. The van der Waals surface area contributed by atoms with Crippen LogP contribution in [0.3, 0.4) is 0 Å². The summed E-state index contributed by atoms with van der Waals surface area (Å²) in [7, 11) is 0. The van der Waals surface area contributed by atoms with Gasteiger partial charge in [-0.3, -0.25) is 4.79 Å². The van der Waals surface area contributed by atoms with Gasteiger partial charge in [-0.2, -0.15) is 0 Å². The lowest BCUT2D eigenvalue weighted by molar-refractivity contribution is -0.126. The van der Waals surface area contributed by atoms with Gasteiger partial charge in [0.25, 0.3) is 0 Å². The second kappa shape index (κ2) is 5.12. The number of likely N-dealkylation sites (N-methyl/N-ethyl adjacent to an activating group) is 1. The summed E-state index contributed by atoms with van der Waals surface area (Å²) in [5.41, 5.74) is -0.573. The second-order valence-electron chi connectivity index (χ2n) is 4.20. The average Bonchev–Trinajstić information content (AvgIpc) is 2.60. The fourth-order valence-electron chi connectivity index (χ4n) is 1.38. The van der Waals surface area contributed by atoms with E-state index in [1.54, 1.807) is 6.20 Å². The van der Waals surface area contributed by atoms with E-state index in [-0.39, 0.29) is 5.91 Å². The maximum absolute atomic E-state index is 11.8. The van der Waals surface area contributed by atoms with E-state index in [1.165, 1.54) is 0 Å². The molecule has 0 bridgehead atoms. The van der Waals surface area contributed by atoms with Crippen molar-refractivity contribution in [1.82, 2.24) is 15.6 Å². The number of oxazole rings is 1. The number of hydrogen-bond acceptors (Lipinski definition) is 4. The molecule has 0 saturated carbocycles. The van der Waals surface area contributed by atoms with E-state index >= 15 is 0 Å². The smallest absolute Gasteiger partial charge is 0.240 e. The highest BCUT2D eigenvalue weighted by molar-refractivity contribution is 5.85. The zero-order chi connectivity index (χ0) is 12.2. The van der Waals surface area contributed by atoms with Crippen molar-refractivity contribution in [3.8, 4) is 0 Å². The first kappa shape index (κ1) is 12.7. The molecule has 1 aromatic rings. The molecule has 1 heterocycles. The molecule has 0 spiro atoms. The number of hydrogen-bond donors (Lipinski definition) is 2. The van der Waals surface area contributed by atoms with Gasteiger partial charge in [0.1, 0.15) is 5.76 Å². The van der Waals surface area contributed by atoms with Crippen molar-refractivity contribution >= 4 is 5.91 Å². The van der Waals surface area contributed by atoms with Crippen LogP contribution in [0.15, 0.2) is 10.6 Å². The van der Waals surface area contributed by atoms with E-state index in [4.69, 9.17) is 4.42 Å². The van der Waals surface area contributed by atoms with Crippen molar-refractivity contribution in [3.63, 3.8) is 0 Å². The van der Waals surface area contributed by atoms with Crippen LogP contribution in [-0.4, -0.2) is 23.0 Å². The predicted molar refractivity (Wildman–Crippen MR) is 60.8 cm³/mol. The fourth-order valence-corrected chi connectivity index (χ4v) is 1.38. The van der Waals surface area contributed by atoms with Crippen LogP contribution in [0.4, 0.5) is 0 Å². The summed E-state index contributed by atoms with van der Waals surface area (Å²) in [6.45, 7) is 8.53. The Labute approximate surface area is 95.6 Å². The molecule has 1 amide bonds. The van der Waals surface area contributed by atoms with Crippen molar-refractivity contribution in [2.45, 2.75) is 39.8 Å². The first-order valence-corrected chi connectivity index (χ1v) is 5.40. The molecule has 0 unspecified atom stereocenters. The van der Waals surface area contributed by atoms with E-state index in [1.807, 2.05) is 27.7 Å². The maximum Gasteiger partial charge on any atom is 0.240 e. The van der Waals surface area contributed by atoms with Gasteiger partial charge in [0.05, 0.1) is 18.3 Å². The van der Waals surface area contributed by atoms with Crippen LogP contribution in [0.5, 0.6) is 0 Å². The van der Waals surface area contributed by atoms with Gasteiger partial charge in [-0.25, -0.2) is 4.98 Å². The molecule has 5 nitrogen and oxygen atoms in total. The number of rotatable bonds is 5. The quantitative estimate of drug-likeness (QED) is 0.784. The first-order chi connectivity index (χ1) is 7.45. The van der Waals surface area contributed by atoms with Gasteiger partial charge in [-0.15, -0.1) is 0 Å². The van der Waals surface area contributed by atoms with Crippen LogP contribution in [0, 0.1) is 6.92 Å². The third-order valence-electron chi connectivity index (χ3n) is 2.26. The van der Waals surface area contributed by atoms with E-state index in [0.717, 1.165) is 12.3 Å². The number of aromatic nitrogens is 1. The van der Waals surface area contributed by atoms with Gasteiger partial charge in [-0.05, 0) is 27.3 Å². The van der Waals surface area contributed by atoms with Gasteiger partial charge in [0.2, 0.25) is 11.8 Å². The highest BCUT2D eigenvalue weighted by Crippen LogP contribution is 2.04. The summed E-state index contributed by atoms with van der Waals surface area (Å²) >= 11 is 0. The zero-order valence-corrected chi connectivity index (χ0v) is 10.3. The van der Waals surface area contributed by atoms with Crippen molar-refractivity contribution in [1.29, 1.82) is 0 Å². The van der Waals surface area contributed by atoms with E-state index in [2.05, 4.69) is 15.6 Å². The standard InChI is InChI=1S/C11H19N3O2/c1-5-14-11(3,4)10(15)13-7-9-12-6-8(2)16-9/h6,14H,5,7H2,1-4H3,(H,13,15). The van der Waals surface area contributed by atoms with Crippen LogP contribution in [0.25, 0.3) is 0 Å². The summed E-state index contributed by atoms with van der Waals surface area (Å²) in [6, 6.07) is 0. The largest absolute Gasteiger partial charge is 0.444 e. The van der Waals surface area contributed by atoms with Crippen molar-refractivity contribution < 1.29 is 9.21 Å². The van der Waals surface area contributed by atoms with Gasteiger partial charge in [0.15, 0.2) is 0 Å². The molecule has 1 rings (SSSR count). The molecule has 0 aliphatic heterocycles. The summed E-state index contributed by atoms with van der Waals surface area (Å²) in [6.07, 6.45) is 1.64. The number of carbonyl (C=O) groups excluding carboxylic acids is 1. The third kappa shape index (κ3) is 3.34. The third-order valence-corrected chi connectivity index (χ3v) is 2.26. The Bertz CT molecular complexity index is 358. The van der Waals surface area contributed by atoms with Crippen LogP contribution in [0.2, 0.25) is 0 Å². The highest BCUT2D eigenvalue weighted by Gasteiger charge is 2.25. The van der Waals surface area contributed by atoms with Crippen molar-refractivity contribution in [2.75, 3.05) is 6.54 Å². The summed E-state index contributed by atoms with van der Waals surface area (Å²) in [5, 5.41) is 5.88. The Morgan fingerprint density at radius 3 is 2.75 bits per heavy atom. The highest BCUT2D eigenvalue weighted by atomic mass is 16.4. The monoisotopic (exact) mass is 225 g/mol. The minimum absolute atomic E-state index is 0.0646. The molecule has 0 aromatic carbocycles. The zero-order valence-electron chi connectivity index (χ0n) is 10.3. The summed E-state index contributed by atoms with van der Waals surface area (Å²) in [5.74, 6) is 1.21. The molecular weight excluding hydrogens is 206 g/mol. The molecule has 1 aromatic heterocycles. The van der Waals surface area contributed by atoms with Gasteiger partial charge in [-0.1, -0.05) is 6.92 Å². The van der Waals surface area contributed by atoms with Crippen LogP contribution in [0.1, 0.15) is 32.4 Å². The number of aryl methyl sites for hydroxylation is 1. The van der Waals surface area contributed by atoms with E-state index in [9.17, 15) is 4.79 Å². The number of nitrogens with zero attached hydrogens (tertiary/aromatic N) is 1. The molecule has 0 saturated heterocycles. The summed E-state index contributed by atoms with van der Waals surface area (Å²) in [4.78, 5) is 15.8. The Balaban J connectivity index is 2.46. The van der Waals surface area contributed by atoms with Gasteiger partial charge in [0, 0.05) is 0 Å². The molecule has 0 fully saturated rings. The lowest BCUT2D eigenvalue weighted by Crippen LogP contribution is -2.52. The molecule has 0 atom stereocenters. The Hall–Kier alpha value is -1.36. The molecule has 2 N–H and O–H groups in total. The average molecular weight is 225 g/mol. The van der Waals surface area contributed by atoms with E-state index in [0.29, 0.717) is 12.4 Å². The Morgan fingerprint density at radius 1 is 1.56 bits per heavy atom. The minimum atomic E-state index is -0.573. The molecule has 0 aliphatic rings. The van der Waals surface area contributed by atoms with Gasteiger partial charge >= 0.3 is 0 Å². The fraction of sp³-hybridized carbons (Fsp3) is 0.636. The van der Waals surface area contributed by atoms with Crippen LogP contribution >= 0.6 is 0 Å². The van der Waals surface area contributed by atoms with Gasteiger partial charge < -0.3 is 15.1 Å². The molecule has 90 valence electrons. The Morgan fingerprint density at radius 2 is 2.25 bits per heavy atom. The lowest BCUT2D eigenvalue weighted by Gasteiger charge is -2.23. The molecular formula is C11H19N3O2. The minimum Gasteiger partial charge on any atom is -0.444 e. The first-order valence-electron chi connectivity index (χ1n) is 5.40. The van der Waals surface area contributed by atoms with Crippen LogP contribution < -0.4 is 10.6 Å². The molecule has 0 radical (unpaired) electrons. The predicted octanol–water partition coefficient (Wildman–Crippen LogP) is 0.987. The SMILES string of the molecule is CCNC(C)(C)C(=O)NCc1ncc(C)o1.